The fourth-order valence-electron chi connectivity index (χ4n) is 13.3. The first kappa shape index (κ1) is 38.0. The molecule has 11 atom stereocenters. The smallest absolute Gasteiger partial charge is 0.307 e. The molecule has 0 radical (unpaired) electrons. The van der Waals surface area contributed by atoms with E-state index in [9.17, 15) is 14.7 Å². The van der Waals surface area contributed by atoms with E-state index in [4.69, 9.17) is 19.3 Å². The van der Waals surface area contributed by atoms with Crippen LogP contribution in [0.4, 0.5) is 0 Å². The molecule has 3 heterocycles. The molecule has 1 aromatic heterocycles. The summed E-state index contributed by atoms with van der Waals surface area (Å²) >= 11 is 0. The van der Waals surface area contributed by atoms with Crippen molar-refractivity contribution in [2.45, 2.75) is 118 Å². The summed E-state index contributed by atoms with van der Waals surface area (Å²) in [6.45, 7) is 19.2. The predicted molar refractivity (Wildman–Crippen MR) is 198 cm³/mol. The number of aromatic nitrogens is 3. The first-order chi connectivity index (χ1) is 24.6. The fourth-order valence-corrected chi connectivity index (χ4v) is 13.3. The Morgan fingerprint density at radius 1 is 1.02 bits per heavy atom. The third kappa shape index (κ3) is 5.24. The molecule has 52 heavy (non-hydrogen) atoms. The summed E-state index contributed by atoms with van der Waals surface area (Å²) in [6.07, 6.45) is 10.7. The number of amides is 1. The number of carboxylic acid groups (broad SMARTS) is 1. The summed E-state index contributed by atoms with van der Waals surface area (Å²) in [5.41, 5.74) is -0.435. The van der Waals surface area contributed by atoms with E-state index in [2.05, 4.69) is 70.2 Å². The number of allylic oxidation sites excluding steroid dienone is 1. The van der Waals surface area contributed by atoms with Gasteiger partial charge in [0.05, 0.1) is 37.9 Å². The molecule has 4 aliphatic carbocycles. The minimum Gasteiger partial charge on any atom is -0.481 e. The molecule has 3 saturated carbocycles. The van der Waals surface area contributed by atoms with Gasteiger partial charge in [-0.05, 0) is 104 Å². The molecule has 6 aliphatic rings. The highest BCUT2D eigenvalue weighted by molar-refractivity contribution is 5.90. The molecular formula is C41H65N5O6. The van der Waals surface area contributed by atoms with Crippen LogP contribution in [0.2, 0.25) is 0 Å². The molecule has 11 heteroatoms. The zero-order valence-corrected chi connectivity index (χ0v) is 33.2. The van der Waals surface area contributed by atoms with E-state index in [-0.39, 0.29) is 51.7 Å². The van der Waals surface area contributed by atoms with Gasteiger partial charge in [-0.15, -0.1) is 0 Å². The summed E-state index contributed by atoms with van der Waals surface area (Å²) in [5.74, 6) is 0.0940. The highest BCUT2D eigenvalue weighted by Gasteiger charge is 2.73. The van der Waals surface area contributed by atoms with Gasteiger partial charge < -0.3 is 30.0 Å². The Kier molecular flexibility index (Phi) is 9.60. The van der Waals surface area contributed by atoms with Crippen molar-refractivity contribution in [1.82, 2.24) is 25.4 Å². The standard InChI is InChI=1S/C41H65N5O6/c1-25(2)26(3)37(5)14-15-38(6)27-10-11-30-36(4)20-29(46-33(34(47)42-8)44-24-45-46)32(52-22-40(43-9)16-18-50-19-17-40)41(30,23-51-21-36)28(27)12-13-39(38,7)31(37)35(48)49/h12,24-27,29-32,43H,10-11,13-23H2,1-9H3,(H,42,47)(H,48,49)/t26-,27+,29-,30-,31-,32+,36-,37-,38-,39+,41+/m1/s1. The maximum absolute atomic E-state index is 13.6. The molecular weight excluding hydrogens is 658 g/mol. The van der Waals surface area contributed by atoms with Gasteiger partial charge in [-0.2, -0.15) is 5.10 Å². The summed E-state index contributed by atoms with van der Waals surface area (Å²) in [5, 5.41) is 22.3. The number of nitrogens with zero attached hydrogens (tertiary/aromatic N) is 3. The third-order valence-corrected chi connectivity index (χ3v) is 16.8. The van der Waals surface area contributed by atoms with E-state index in [0.717, 1.165) is 44.9 Å². The number of carboxylic acids is 1. The van der Waals surface area contributed by atoms with Gasteiger partial charge in [0.1, 0.15) is 6.33 Å². The van der Waals surface area contributed by atoms with Crippen molar-refractivity contribution < 1.29 is 28.9 Å². The van der Waals surface area contributed by atoms with Crippen LogP contribution in [0.3, 0.4) is 0 Å². The van der Waals surface area contributed by atoms with Gasteiger partial charge in [-0.3, -0.25) is 9.59 Å². The molecule has 290 valence electrons. The second-order valence-corrected chi connectivity index (χ2v) is 19.1. The lowest BCUT2D eigenvalue weighted by Crippen LogP contribution is -2.70. The van der Waals surface area contributed by atoms with Gasteiger partial charge in [0.25, 0.3) is 5.91 Å². The molecule has 0 spiro atoms. The maximum atomic E-state index is 13.6. The van der Waals surface area contributed by atoms with Gasteiger partial charge in [0.15, 0.2) is 0 Å². The van der Waals surface area contributed by atoms with Gasteiger partial charge in [0, 0.05) is 31.2 Å². The highest BCUT2D eigenvalue weighted by Crippen LogP contribution is 2.75. The van der Waals surface area contributed by atoms with E-state index in [1.807, 2.05) is 11.7 Å². The lowest BCUT2D eigenvalue weighted by molar-refractivity contribution is -0.255. The number of carbonyl (C=O) groups excluding carboxylic acids is 1. The Bertz CT molecular complexity index is 1570. The van der Waals surface area contributed by atoms with Crippen LogP contribution in [0.25, 0.3) is 0 Å². The van der Waals surface area contributed by atoms with E-state index < -0.39 is 22.7 Å². The summed E-state index contributed by atoms with van der Waals surface area (Å²) < 4.78 is 21.8. The predicted octanol–water partition coefficient (Wildman–Crippen LogP) is 5.92. The molecule has 3 N–H and O–H groups in total. The van der Waals surface area contributed by atoms with Crippen molar-refractivity contribution in [2.24, 2.45) is 56.7 Å². The van der Waals surface area contributed by atoms with Gasteiger partial charge in [-0.1, -0.05) is 60.1 Å². The quantitative estimate of drug-likeness (QED) is 0.265. The van der Waals surface area contributed by atoms with Gasteiger partial charge in [0.2, 0.25) is 5.82 Å². The molecule has 0 aromatic carbocycles. The zero-order chi connectivity index (χ0) is 37.5. The lowest BCUT2D eigenvalue weighted by atomic mass is 9.34. The third-order valence-electron chi connectivity index (χ3n) is 16.8. The van der Waals surface area contributed by atoms with E-state index in [1.54, 1.807) is 7.05 Å². The Morgan fingerprint density at radius 2 is 1.75 bits per heavy atom. The molecule has 5 fully saturated rings. The summed E-state index contributed by atoms with van der Waals surface area (Å²) in [4.78, 5) is 31.3. The number of likely N-dealkylation sites (N-methyl/N-ethyl adjacent to an activating group) is 1. The fraction of sp³-hybridized carbons (Fsp3) is 0.854. The number of hydrogen-bond donors (Lipinski definition) is 3. The Morgan fingerprint density at radius 3 is 2.40 bits per heavy atom. The van der Waals surface area contributed by atoms with Crippen LogP contribution in [-0.4, -0.2) is 90.5 Å². The highest BCUT2D eigenvalue weighted by atomic mass is 16.5. The molecule has 11 nitrogen and oxygen atoms in total. The first-order valence-corrected chi connectivity index (χ1v) is 20.1. The topological polar surface area (TPSA) is 137 Å². The van der Waals surface area contributed by atoms with Crippen molar-refractivity contribution in [1.29, 1.82) is 0 Å². The minimum atomic E-state index is -0.652. The van der Waals surface area contributed by atoms with Gasteiger partial charge in [-0.25, -0.2) is 9.67 Å². The van der Waals surface area contributed by atoms with Crippen LogP contribution in [0.5, 0.6) is 0 Å². The second kappa shape index (κ2) is 13.2. The van der Waals surface area contributed by atoms with E-state index in [1.165, 1.54) is 11.9 Å². The van der Waals surface area contributed by atoms with E-state index in [0.29, 0.717) is 57.1 Å². The van der Waals surface area contributed by atoms with Gasteiger partial charge >= 0.3 is 5.97 Å². The Labute approximate surface area is 310 Å². The second-order valence-electron chi connectivity index (χ2n) is 19.1. The number of carbonyl (C=O) groups is 2. The molecule has 2 aliphatic heterocycles. The monoisotopic (exact) mass is 723 g/mol. The number of fused-ring (bicyclic) bond motifs is 3. The number of aliphatic carboxylic acids is 1. The molecule has 7 rings (SSSR count). The lowest BCUT2D eigenvalue weighted by Gasteiger charge is -2.71. The van der Waals surface area contributed by atoms with Crippen LogP contribution < -0.4 is 10.6 Å². The molecule has 2 bridgehead atoms. The van der Waals surface area contributed by atoms with Crippen molar-refractivity contribution >= 4 is 11.9 Å². The molecule has 1 amide bonds. The van der Waals surface area contributed by atoms with Crippen molar-refractivity contribution in [3.8, 4) is 0 Å². The van der Waals surface area contributed by atoms with E-state index >= 15 is 0 Å². The normalized spacial score (nSPS) is 43.0. The Hall–Kier alpha value is -2.34. The van der Waals surface area contributed by atoms with Crippen LogP contribution in [-0.2, 0) is 19.0 Å². The molecule has 1 aromatic rings. The largest absolute Gasteiger partial charge is 0.481 e. The summed E-state index contributed by atoms with van der Waals surface area (Å²) in [6, 6.07) is -0.247. The van der Waals surface area contributed by atoms with Crippen LogP contribution in [0.1, 0.15) is 116 Å². The van der Waals surface area contributed by atoms with Crippen LogP contribution in [0, 0.1) is 56.7 Å². The molecule has 0 unspecified atom stereocenters. The average molecular weight is 724 g/mol. The van der Waals surface area contributed by atoms with Crippen LogP contribution >= 0.6 is 0 Å². The maximum Gasteiger partial charge on any atom is 0.307 e. The van der Waals surface area contributed by atoms with Crippen molar-refractivity contribution in [3.05, 3.63) is 23.8 Å². The SMILES string of the molecule is CNC(=O)c1ncnn1[C@@H]1C[C@]2(C)COC[C@@]3(C4=CC[C@@]5(C)[C@H](C(=O)O)[C@@](C)([C@H](C)C(C)C)CC[C@]5(C)[C@H]4CC[C@H]23)[C@H]1OCC1(NC)CCOCC1. The average Bonchev–Trinajstić information content (AvgIpc) is 3.61. The first-order valence-electron chi connectivity index (χ1n) is 20.1. The zero-order valence-electron chi connectivity index (χ0n) is 33.2. The number of nitrogens with one attached hydrogen (secondary N) is 2. The minimum absolute atomic E-state index is 0.178. The van der Waals surface area contributed by atoms with Crippen molar-refractivity contribution in [2.75, 3.05) is 47.1 Å². The molecule has 2 saturated heterocycles. The number of rotatable bonds is 9. The summed E-state index contributed by atoms with van der Waals surface area (Å²) in [7, 11) is 3.65. The van der Waals surface area contributed by atoms with Crippen molar-refractivity contribution in [3.63, 3.8) is 0 Å². The Balaban J connectivity index is 1.39. The number of ether oxygens (including phenoxy) is 3. The van der Waals surface area contributed by atoms with Crippen LogP contribution in [0.15, 0.2) is 18.0 Å². The number of hydrogen-bond acceptors (Lipinski definition) is 8.